The number of methoxy groups -OCH3 is 1. The summed E-state index contributed by atoms with van der Waals surface area (Å²) in [5.41, 5.74) is 2.98. The first-order valence-electron chi connectivity index (χ1n) is 8.74. The van der Waals surface area contributed by atoms with Gasteiger partial charge in [0.05, 0.1) is 35.3 Å². The summed E-state index contributed by atoms with van der Waals surface area (Å²) in [6.45, 7) is 0. The molecule has 0 saturated heterocycles. The van der Waals surface area contributed by atoms with E-state index in [0.29, 0.717) is 11.0 Å². The molecule has 0 radical (unpaired) electrons. The lowest BCUT2D eigenvalue weighted by atomic mass is 10.2. The number of phenolic OH excluding ortho intramolecular Hbond substituents is 1. The molecule has 3 aromatic rings. The van der Waals surface area contributed by atoms with Gasteiger partial charge >= 0.3 is 0 Å². The minimum Gasteiger partial charge on any atom is -0.504 e. The quantitative estimate of drug-likeness (QED) is 0.302. The van der Waals surface area contributed by atoms with Gasteiger partial charge in [0.25, 0.3) is 11.2 Å². The number of phenols is 1. The van der Waals surface area contributed by atoms with Crippen LogP contribution in [-0.4, -0.2) is 39.2 Å². The Morgan fingerprint density at radius 3 is 2.90 bits per heavy atom. The van der Waals surface area contributed by atoms with E-state index in [1.54, 1.807) is 24.3 Å². The zero-order valence-electron chi connectivity index (χ0n) is 15.8. The molecule has 0 aliphatic carbocycles. The Morgan fingerprint density at radius 2 is 2.17 bits per heavy atom. The van der Waals surface area contributed by atoms with E-state index < -0.39 is 10.8 Å². The van der Waals surface area contributed by atoms with Gasteiger partial charge in [-0.3, -0.25) is 19.7 Å². The van der Waals surface area contributed by atoms with Gasteiger partial charge in [-0.2, -0.15) is 5.10 Å². The number of nitro benzene ring substituents is 1. The highest BCUT2D eigenvalue weighted by Crippen LogP contribution is 2.33. The summed E-state index contributed by atoms with van der Waals surface area (Å²) in [6, 6.07) is 9.20. The number of rotatable bonds is 7. The van der Waals surface area contributed by atoms with Crippen molar-refractivity contribution < 1.29 is 19.6 Å². The minimum absolute atomic E-state index is 0.00556. The first kappa shape index (κ1) is 20.5. The minimum atomic E-state index is -0.647. The van der Waals surface area contributed by atoms with Gasteiger partial charge in [0.2, 0.25) is 5.91 Å². The summed E-state index contributed by atoms with van der Waals surface area (Å²) < 4.78 is 4.89. The predicted molar refractivity (Wildman–Crippen MR) is 108 cm³/mol. The number of carbonyl (C=O) groups excluding carboxylic acids is 1. The highest BCUT2D eigenvalue weighted by molar-refractivity contribution is 5.87. The molecule has 0 unspecified atom stereocenters. The Morgan fingerprint density at radius 1 is 1.40 bits per heavy atom. The van der Waals surface area contributed by atoms with Crippen molar-refractivity contribution in [3.8, 4) is 11.5 Å². The summed E-state index contributed by atoms with van der Waals surface area (Å²) in [7, 11) is 1.25. The predicted octanol–water partition coefficient (Wildman–Crippen LogP) is 1.63. The van der Waals surface area contributed by atoms with Crippen LogP contribution in [0.3, 0.4) is 0 Å². The largest absolute Gasteiger partial charge is 0.504 e. The molecule has 2 aromatic carbocycles. The van der Waals surface area contributed by atoms with Crippen molar-refractivity contribution >= 4 is 28.8 Å². The second kappa shape index (κ2) is 8.82. The molecule has 0 saturated carbocycles. The number of carbonyl (C=O) groups is 1. The topological polar surface area (TPSA) is 160 Å². The molecule has 154 valence electrons. The summed E-state index contributed by atoms with van der Waals surface area (Å²) in [5, 5.41) is 24.7. The van der Waals surface area contributed by atoms with E-state index in [2.05, 4.69) is 20.5 Å². The Bertz CT molecular complexity index is 1200. The number of benzene rings is 2. The average molecular weight is 411 g/mol. The Labute approximate surface area is 169 Å². The molecule has 0 aliphatic heterocycles. The summed E-state index contributed by atoms with van der Waals surface area (Å²) in [6.07, 6.45) is 1.09. The van der Waals surface area contributed by atoms with Crippen molar-refractivity contribution in [1.82, 2.24) is 15.4 Å². The van der Waals surface area contributed by atoms with Crippen molar-refractivity contribution in [3.05, 3.63) is 68.1 Å². The fourth-order valence-electron chi connectivity index (χ4n) is 2.67. The van der Waals surface area contributed by atoms with Gasteiger partial charge in [0.15, 0.2) is 11.5 Å². The number of amides is 1. The van der Waals surface area contributed by atoms with Crippen molar-refractivity contribution in [3.63, 3.8) is 0 Å². The van der Waals surface area contributed by atoms with Crippen LogP contribution in [0.4, 0.5) is 5.69 Å². The van der Waals surface area contributed by atoms with Crippen LogP contribution in [0.25, 0.3) is 11.0 Å². The number of nitro groups is 1. The zero-order valence-corrected chi connectivity index (χ0v) is 15.8. The zero-order chi connectivity index (χ0) is 21.7. The van der Waals surface area contributed by atoms with Gasteiger partial charge in [0, 0.05) is 24.5 Å². The third kappa shape index (κ3) is 4.58. The van der Waals surface area contributed by atoms with Crippen molar-refractivity contribution in [2.24, 2.45) is 5.10 Å². The maximum atomic E-state index is 12.1. The number of nitrogens with zero attached hydrogens (tertiary/aromatic N) is 3. The molecule has 1 heterocycles. The monoisotopic (exact) mass is 411 g/mol. The van der Waals surface area contributed by atoms with Gasteiger partial charge < -0.3 is 14.8 Å². The summed E-state index contributed by atoms with van der Waals surface area (Å²) in [5.74, 6) is -0.955. The van der Waals surface area contributed by atoms with Crippen molar-refractivity contribution in [2.45, 2.75) is 12.8 Å². The average Bonchev–Trinajstić information content (AvgIpc) is 2.73. The number of para-hydroxylation sites is 2. The molecule has 3 N–H and O–H groups in total. The van der Waals surface area contributed by atoms with E-state index in [1.165, 1.54) is 7.11 Å². The Kier molecular flexibility index (Phi) is 6.01. The lowest BCUT2D eigenvalue weighted by Gasteiger charge is -2.06. The molecule has 0 bridgehead atoms. The molecule has 11 nitrogen and oxygen atoms in total. The number of aromatic amines is 1. The number of aryl methyl sites for hydroxylation is 1. The second-order valence-corrected chi connectivity index (χ2v) is 6.17. The molecule has 11 heteroatoms. The van der Waals surface area contributed by atoms with Crippen molar-refractivity contribution in [2.75, 3.05) is 7.11 Å². The Balaban J connectivity index is 1.66. The molecule has 0 spiro atoms. The number of hydrazone groups is 1. The molecule has 0 fully saturated rings. The van der Waals surface area contributed by atoms with Crippen LogP contribution < -0.4 is 15.7 Å². The van der Waals surface area contributed by atoms with Crippen LogP contribution in [0.5, 0.6) is 11.5 Å². The van der Waals surface area contributed by atoms with E-state index in [0.717, 1.165) is 18.3 Å². The maximum Gasteiger partial charge on any atom is 0.274 e. The SMILES string of the molecule is COc1cc([N+](=O)[O-])cc(/C=N\NC(=O)CCc2nc3ccccc3[nH]c2=O)c1O. The van der Waals surface area contributed by atoms with Gasteiger partial charge in [0.1, 0.15) is 5.69 Å². The number of non-ortho nitro benzene ring substituents is 1. The van der Waals surface area contributed by atoms with E-state index >= 15 is 0 Å². The Hall–Kier alpha value is -4.28. The third-order valence-electron chi connectivity index (χ3n) is 4.17. The second-order valence-electron chi connectivity index (χ2n) is 6.17. The number of ether oxygens (including phenoxy) is 1. The van der Waals surface area contributed by atoms with Crippen LogP contribution in [0, 0.1) is 10.1 Å². The fourth-order valence-corrected chi connectivity index (χ4v) is 2.67. The van der Waals surface area contributed by atoms with Crippen molar-refractivity contribution in [1.29, 1.82) is 0 Å². The smallest absolute Gasteiger partial charge is 0.274 e. The first-order chi connectivity index (χ1) is 14.4. The number of hydrogen-bond acceptors (Lipinski definition) is 8. The lowest BCUT2D eigenvalue weighted by molar-refractivity contribution is -0.385. The maximum absolute atomic E-state index is 12.1. The van der Waals surface area contributed by atoms with E-state index in [9.17, 15) is 24.8 Å². The molecule has 3 rings (SSSR count). The molecule has 0 atom stereocenters. The highest BCUT2D eigenvalue weighted by Gasteiger charge is 2.16. The molecular formula is C19H17N5O6. The van der Waals surface area contributed by atoms with Gasteiger partial charge in [-0.1, -0.05) is 12.1 Å². The number of fused-ring (bicyclic) bond motifs is 1. The van der Waals surface area contributed by atoms with Crippen LogP contribution in [0.15, 0.2) is 46.3 Å². The van der Waals surface area contributed by atoms with E-state index in [4.69, 9.17) is 4.74 Å². The van der Waals surface area contributed by atoms with Gasteiger partial charge in [-0.05, 0) is 12.1 Å². The molecular weight excluding hydrogens is 394 g/mol. The van der Waals surface area contributed by atoms with E-state index in [1.807, 2.05) is 0 Å². The third-order valence-corrected chi connectivity index (χ3v) is 4.17. The van der Waals surface area contributed by atoms with Crippen LogP contribution in [0.2, 0.25) is 0 Å². The molecule has 1 aromatic heterocycles. The van der Waals surface area contributed by atoms with Crippen LogP contribution in [0.1, 0.15) is 17.7 Å². The van der Waals surface area contributed by atoms with Gasteiger partial charge in [-0.25, -0.2) is 10.4 Å². The number of nitrogens with one attached hydrogen (secondary N) is 2. The van der Waals surface area contributed by atoms with Crippen LogP contribution >= 0.6 is 0 Å². The fraction of sp³-hybridized carbons (Fsp3) is 0.158. The van der Waals surface area contributed by atoms with Crippen LogP contribution in [-0.2, 0) is 11.2 Å². The van der Waals surface area contributed by atoms with E-state index in [-0.39, 0.29) is 46.8 Å². The number of H-pyrrole nitrogens is 1. The molecule has 0 aliphatic rings. The molecule has 1 amide bonds. The van der Waals surface area contributed by atoms with Gasteiger partial charge in [-0.15, -0.1) is 0 Å². The standard InChI is InChI=1S/C19H17N5O6/c1-30-16-9-12(24(28)29)8-11(18(16)26)10-20-23-17(25)7-6-15-19(27)22-14-5-3-2-4-13(14)21-15/h2-5,8-10,26H,6-7H2,1H3,(H,22,27)(H,23,25)/b20-10-. The number of aromatic hydroxyl groups is 1. The lowest BCUT2D eigenvalue weighted by Crippen LogP contribution is -2.21. The number of aromatic nitrogens is 2. The summed E-state index contributed by atoms with van der Waals surface area (Å²) >= 11 is 0. The highest BCUT2D eigenvalue weighted by atomic mass is 16.6. The summed E-state index contributed by atoms with van der Waals surface area (Å²) in [4.78, 5) is 41.3. The normalized spacial score (nSPS) is 11.0. The molecule has 30 heavy (non-hydrogen) atoms. The number of hydrogen-bond donors (Lipinski definition) is 3. The first-order valence-corrected chi connectivity index (χ1v) is 8.74.